The molecule has 1 aliphatic heterocycles. The quantitative estimate of drug-likeness (QED) is 0.907. The molecule has 1 unspecified atom stereocenters. The average molecular weight is 314 g/mol. The van der Waals surface area contributed by atoms with Crippen LogP contribution < -0.4 is 5.73 Å². The molecule has 0 radical (unpaired) electrons. The molecule has 1 heterocycles. The number of benzene rings is 1. The van der Waals surface area contributed by atoms with Crippen molar-refractivity contribution in [2.75, 3.05) is 33.2 Å². The topological polar surface area (TPSA) is 32.5 Å². The number of rotatable bonds is 5. The first-order valence-electron chi connectivity index (χ1n) is 7.66. The summed E-state index contributed by atoms with van der Waals surface area (Å²) in [4.78, 5) is 4.78. The Bertz CT molecular complexity index is 461. The average Bonchev–Trinajstić information content (AvgIpc) is 2.50. The van der Waals surface area contributed by atoms with Gasteiger partial charge in [0.2, 0.25) is 0 Å². The summed E-state index contributed by atoms with van der Waals surface area (Å²) in [6.07, 6.45) is 2.28. The van der Waals surface area contributed by atoms with Crippen LogP contribution in [0.3, 0.4) is 0 Å². The highest BCUT2D eigenvalue weighted by Gasteiger charge is 2.27. The molecule has 1 aliphatic rings. The molecule has 0 saturated carbocycles. The van der Waals surface area contributed by atoms with Gasteiger partial charge >= 0.3 is 0 Å². The van der Waals surface area contributed by atoms with Gasteiger partial charge in [0.15, 0.2) is 0 Å². The van der Waals surface area contributed by atoms with Crippen molar-refractivity contribution in [1.29, 1.82) is 0 Å². The standard InChI is InChI=1S/C16H25ClFN3/c1-3-21-8-6-13(7-9-21)20(2)16(11-19)14-5-4-12(18)10-15(14)17/h4-5,10,13,16H,3,6-9,11,19H2,1-2H3. The molecule has 0 aliphatic carbocycles. The molecule has 3 nitrogen and oxygen atoms in total. The summed E-state index contributed by atoms with van der Waals surface area (Å²) >= 11 is 6.20. The molecule has 1 atom stereocenters. The van der Waals surface area contributed by atoms with Gasteiger partial charge in [-0.2, -0.15) is 0 Å². The lowest BCUT2D eigenvalue weighted by Gasteiger charge is -2.40. The molecule has 1 saturated heterocycles. The molecule has 2 N–H and O–H groups in total. The summed E-state index contributed by atoms with van der Waals surface area (Å²) in [5.74, 6) is -0.307. The van der Waals surface area contributed by atoms with Gasteiger partial charge in [-0.25, -0.2) is 4.39 Å². The van der Waals surface area contributed by atoms with E-state index in [9.17, 15) is 4.39 Å². The summed E-state index contributed by atoms with van der Waals surface area (Å²) in [6, 6.07) is 5.12. The number of likely N-dealkylation sites (tertiary alicyclic amines) is 1. The van der Waals surface area contributed by atoms with E-state index in [0.29, 0.717) is 17.6 Å². The smallest absolute Gasteiger partial charge is 0.124 e. The van der Waals surface area contributed by atoms with Crippen molar-refractivity contribution < 1.29 is 4.39 Å². The van der Waals surface area contributed by atoms with Crippen LogP contribution in [0.15, 0.2) is 18.2 Å². The lowest BCUT2D eigenvalue weighted by atomic mass is 9.98. The molecule has 2 rings (SSSR count). The second-order valence-electron chi connectivity index (χ2n) is 5.75. The molecule has 1 aromatic rings. The van der Waals surface area contributed by atoms with E-state index in [4.69, 9.17) is 17.3 Å². The maximum absolute atomic E-state index is 13.2. The SMILES string of the molecule is CCN1CCC(N(C)C(CN)c2ccc(F)cc2Cl)CC1. The molecule has 0 bridgehead atoms. The third-order valence-corrected chi connectivity index (χ3v) is 4.94. The van der Waals surface area contributed by atoms with Crippen LogP contribution in [0.25, 0.3) is 0 Å². The summed E-state index contributed by atoms with van der Waals surface area (Å²) in [6.45, 7) is 6.04. The summed E-state index contributed by atoms with van der Waals surface area (Å²) < 4.78 is 13.2. The Hall–Kier alpha value is -0.680. The Balaban J connectivity index is 2.10. The predicted molar refractivity (Wildman–Crippen MR) is 86.1 cm³/mol. The van der Waals surface area contributed by atoms with Crippen LogP contribution in [-0.4, -0.2) is 49.1 Å². The van der Waals surface area contributed by atoms with Gasteiger partial charge < -0.3 is 10.6 Å². The third kappa shape index (κ3) is 3.95. The maximum atomic E-state index is 13.2. The minimum atomic E-state index is -0.307. The molecule has 0 amide bonds. The fourth-order valence-electron chi connectivity index (χ4n) is 3.18. The fourth-order valence-corrected chi connectivity index (χ4v) is 3.47. The van der Waals surface area contributed by atoms with Crippen molar-refractivity contribution in [2.24, 2.45) is 5.73 Å². The molecular formula is C16H25ClFN3. The zero-order valence-electron chi connectivity index (χ0n) is 12.9. The van der Waals surface area contributed by atoms with Crippen LogP contribution in [-0.2, 0) is 0 Å². The first kappa shape index (κ1) is 16.7. The molecule has 118 valence electrons. The normalized spacial score (nSPS) is 19.1. The Morgan fingerprint density at radius 1 is 1.43 bits per heavy atom. The first-order chi connectivity index (χ1) is 10.1. The van der Waals surface area contributed by atoms with E-state index in [1.807, 2.05) is 0 Å². The maximum Gasteiger partial charge on any atom is 0.124 e. The Kier molecular flexibility index (Phi) is 5.99. The van der Waals surface area contributed by atoms with E-state index in [1.165, 1.54) is 12.1 Å². The van der Waals surface area contributed by atoms with Crippen molar-refractivity contribution >= 4 is 11.6 Å². The van der Waals surface area contributed by atoms with Crippen molar-refractivity contribution in [3.63, 3.8) is 0 Å². The van der Waals surface area contributed by atoms with Gasteiger partial charge in [-0.15, -0.1) is 0 Å². The molecule has 1 fully saturated rings. The molecule has 5 heteroatoms. The van der Waals surface area contributed by atoms with E-state index < -0.39 is 0 Å². The molecule has 0 spiro atoms. The van der Waals surface area contributed by atoms with Gasteiger partial charge in [0.05, 0.1) is 0 Å². The summed E-state index contributed by atoms with van der Waals surface area (Å²) in [5, 5.41) is 0.461. The van der Waals surface area contributed by atoms with Gasteiger partial charge in [-0.05, 0) is 57.2 Å². The van der Waals surface area contributed by atoms with Crippen LogP contribution in [0.5, 0.6) is 0 Å². The highest BCUT2D eigenvalue weighted by atomic mass is 35.5. The van der Waals surface area contributed by atoms with Gasteiger partial charge in [-0.3, -0.25) is 4.90 Å². The van der Waals surface area contributed by atoms with E-state index in [0.717, 1.165) is 38.0 Å². The Morgan fingerprint density at radius 3 is 2.62 bits per heavy atom. The monoisotopic (exact) mass is 313 g/mol. The lowest BCUT2D eigenvalue weighted by Crippen LogP contribution is -2.46. The van der Waals surface area contributed by atoms with Crippen molar-refractivity contribution in [3.05, 3.63) is 34.6 Å². The number of hydrogen-bond donors (Lipinski definition) is 1. The molecule has 21 heavy (non-hydrogen) atoms. The highest BCUT2D eigenvalue weighted by Crippen LogP contribution is 2.30. The Labute approximate surface area is 131 Å². The van der Waals surface area contributed by atoms with E-state index in [1.54, 1.807) is 6.07 Å². The van der Waals surface area contributed by atoms with Gasteiger partial charge in [-0.1, -0.05) is 24.6 Å². The van der Waals surface area contributed by atoms with Gasteiger partial charge in [0.1, 0.15) is 5.82 Å². The number of halogens is 2. The van der Waals surface area contributed by atoms with Gasteiger partial charge in [0, 0.05) is 23.7 Å². The van der Waals surface area contributed by atoms with E-state index >= 15 is 0 Å². The minimum Gasteiger partial charge on any atom is -0.329 e. The van der Waals surface area contributed by atoms with Crippen LogP contribution in [0, 0.1) is 5.82 Å². The number of hydrogen-bond acceptors (Lipinski definition) is 3. The van der Waals surface area contributed by atoms with Crippen LogP contribution in [0.1, 0.15) is 31.4 Å². The lowest BCUT2D eigenvalue weighted by molar-refractivity contribution is 0.101. The number of nitrogens with two attached hydrogens (primary N) is 1. The summed E-state index contributed by atoms with van der Waals surface area (Å²) in [5.41, 5.74) is 6.89. The molecule has 1 aromatic carbocycles. The summed E-state index contributed by atoms with van der Waals surface area (Å²) in [7, 11) is 2.10. The van der Waals surface area contributed by atoms with Crippen LogP contribution in [0.4, 0.5) is 4.39 Å². The zero-order chi connectivity index (χ0) is 15.4. The predicted octanol–water partition coefficient (Wildman–Crippen LogP) is 2.90. The highest BCUT2D eigenvalue weighted by molar-refractivity contribution is 6.31. The second-order valence-corrected chi connectivity index (χ2v) is 6.16. The first-order valence-corrected chi connectivity index (χ1v) is 8.04. The van der Waals surface area contributed by atoms with Crippen molar-refractivity contribution in [1.82, 2.24) is 9.80 Å². The zero-order valence-corrected chi connectivity index (χ0v) is 13.6. The fraction of sp³-hybridized carbons (Fsp3) is 0.625. The Morgan fingerprint density at radius 2 is 2.10 bits per heavy atom. The van der Waals surface area contributed by atoms with Crippen LogP contribution >= 0.6 is 11.6 Å². The molecular weight excluding hydrogens is 289 g/mol. The van der Waals surface area contributed by atoms with Crippen molar-refractivity contribution in [2.45, 2.75) is 31.8 Å². The van der Waals surface area contributed by atoms with Crippen molar-refractivity contribution in [3.8, 4) is 0 Å². The largest absolute Gasteiger partial charge is 0.329 e. The number of likely N-dealkylation sites (N-methyl/N-ethyl adjacent to an activating group) is 1. The van der Waals surface area contributed by atoms with E-state index in [2.05, 4.69) is 23.8 Å². The van der Waals surface area contributed by atoms with Crippen LogP contribution in [0.2, 0.25) is 5.02 Å². The van der Waals surface area contributed by atoms with E-state index in [-0.39, 0.29) is 11.9 Å². The third-order valence-electron chi connectivity index (χ3n) is 4.62. The van der Waals surface area contributed by atoms with Gasteiger partial charge in [0.25, 0.3) is 0 Å². The minimum absolute atomic E-state index is 0.0382. The second kappa shape index (κ2) is 7.54. The number of nitrogens with zero attached hydrogens (tertiary/aromatic N) is 2. The number of piperidine rings is 1. The molecule has 0 aromatic heterocycles.